The number of aromatic nitrogens is 2. The fourth-order valence-electron chi connectivity index (χ4n) is 2.45. The zero-order valence-corrected chi connectivity index (χ0v) is 12.0. The lowest BCUT2D eigenvalue weighted by Crippen LogP contribution is -2.36. The van der Waals surface area contributed by atoms with E-state index in [1.165, 1.54) is 12.8 Å². The molecule has 1 fully saturated rings. The van der Waals surface area contributed by atoms with E-state index in [-0.39, 0.29) is 0 Å². The lowest BCUT2D eigenvalue weighted by Gasteiger charge is -2.25. The van der Waals surface area contributed by atoms with Crippen LogP contribution in [0.3, 0.4) is 0 Å². The monoisotopic (exact) mass is 271 g/mol. The van der Waals surface area contributed by atoms with Crippen molar-refractivity contribution in [2.45, 2.75) is 31.8 Å². The zero-order valence-electron chi connectivity index (χ0n) is 12.0. The van der Waals surface area contributed by atoms with Crippen LogP contribution < -0.4 is 11.1 Å². The quantitative estimate of drug-likeness (QED) is 0.815. The van der Waals surface area contributed by atoms with Gasteiger partial charge in [0, 0.05) is 29.7 Å². The van der Waals surface area contributed by atoms with Gasteiger partial charge >= 0.3 is 0 Å². The molecule has 0 spiro atoms. The van der Waals surface area contributed by atoms with Crippen LogP contribution in [0.25, 0.3) is 10.9 Å². The number of hydrogen-bond acceptors (Lipinski definition) is 5. The highest BCUT2D eigenvalue weighted by Gasteiger charge is 2.28. The van der Waals surface area contributed by atoms with Crippen molar-refractivity contribution in [2.75, 3.05) is 24.6 Å². The molecule has 0 radical (unpaired) electrons. The molecular formula is C15H21N5. The number of nitrogen functional groups attached to an aromatic ring is 1. The van der Waals surface area contributed by atoms with Crippen molar-refractivity contribution < 1.29 is 0 Å². The van der Waals surface area contributed by atoms with E-state index in [4.69, 9.17) is 5.73 Å². The van der Waals surface area contributed by atoms with E-state index in [1.54, 1.807) is 6.33 Å². The van der Waals surface area contributed by atoms with Crippen LogP contribution in [0.15, 0.2) is 24.5 Å². The van der Waals surface area contributed by atoms with Gasteiger partial charge < -0.3 is 11.1 Å². The topological polar surface area (TPSA) is 67.1 Å². The highest BCUT2D eigenvalue weighted by atomic mass is 15.2. The molecular weight excluding hydrogens is 250 g/mol. The van der Waals surface area contributed by atoms with E-state index in [2.05, 4.69) is 34.2 Å². The molecule has 1 aromatic carbocycles. The Balaban J connectivity index is 1.73. The predicted octanol–water partition coefficient (Wildman–Crippen LogP) is 2.11. The van der Waals surface area contributed by atoms with Crippen molar-refractivity contribution in [1.82, 2.24) is 14.9 Å². The van der Waals surface area contributed by atoms with Crippen molar-refractivity contribution in [3.8, 4) is 0 Å². The zero-order chi connectivity index (χ0) is 14.1. The summed E-state index contributed by atoms with van der Waals surface area (Å²) < 4.78 is 0. The Kier molecular flexibility index (Phi) is 3.44. The van der Waals surface area contributed by atoms with Gasteiger partial charge in [-0.05, 0) is 45.0 Å². The summed E-state index contributed by atoms with van der Waals surface area (Å²) in [6.45, 7) is 3.12. The maximum absolute atomic E-state index is 5.79. The molecule has 3 rings (SSSR count). The fourth-order valence-corrected chi connectivity index (χ4v) is 2.45. The van der Waals surface area contributed by atoms with Crippen LogP contribution in [-0.2, 0) is 0 Å². The van der Waals surface area contributed by atoms with Gasteiger partial charge in [-0.2, -0.15) is 0 Å². The van der Waals surface area contributed by atoms with Gasteiger partial charge in [-0.3, -0.25) is 4.90 Å². The Morgan fingerprint density at radius 1 is 1.40 bits per heavy atom. The molecule has 0 saturated heterocycles. The van der Waals surface area contributed by atoms with Crippen molar-refractivity contribution in [3.63, 3.8) is 0 Å². The molecule has 0 bridgehead atoms. The molecule has 3 N–H and O–H groups in total. The Morgan fingerprint density at radius 2 is 2.20 bits per heavy atom. The highest BCUT2D eigenvalue weighted by Crippen LogP contribution is 2.27. The molecule has 0 aliphatic heterocycles. The maximum atomic E-state index is 5.79. The van der Waals surface area contributed by atoms with Crippen LogP contribution in [0, 0.1) is 0 Å². The van der Waals surface area contributed by atoms with Gasteiger partial charge in [0.1, 0.15) is 12.1 Å². The van der Waals surface area contributed by atoms with Crippen LogP contribution in [-0.4, -0.2) is 40.5 Å². The largest absolute Gasteiger partial charge is 0.399 e. The van der Waals surface area contributed by atoms with Gasteiger partial charge in [-0.15, -0.1) is 0 Å². The average molecular weight is 271 g/mol. The number of likely N-dealkylation sites (N-methyl/N-ethyl adjacent to an activating group) is 1. The third-order valence-corrected chi connectivity index (χ3v) is 4.04. The molecule has 1 aliphatic rings. The molecule has 1 saturated carbocycles. The minimum Gasteiger partial charge on any atom is -0.399 e. The second-order valence-corrected chi connectivity index (χ2v) is 5.63. The summed E-state index contributed by atoms with van der Waals surface area (Å²) in [6.07, 6.45) is 4.24. The summed E-state index contributed by atoms with van der Waals surface area (Å²) >= 11 is 0. The van der Waals surface area contributed by atoms with E-state index in [9.17, 15) is 0 Å². The third kappa shape index (κ3) is 2.67. The van der Waals surface area contributed by atoms with Gasteiger partial charge in [-0.1, -0.05) is 0 Å². The number of hydrogen-bond donors (Lipinski definition) is 2. The summed E-state index contributed by atoms with van der Waals surface area (Å²) in [7, 11) is 2.20. The molecule has 1 unspecified atom stereocenters. The fraction of sp³-hybridized carbons (Fsp3) is 0.467. The van der Waals surface area contributed by atoms with Gasteiger partial charge in [0.15, 0.2) is 0 Å². The van der Waals surface area contributed by atoms with Crippen molar-refractivity contribution >= 4 is 22.4 Å². The van der Waals surface area contributed by atoms with Crippen LogP contribution in [0.4, 0.5) is 11.5 Å². The maximum Gasteiger partial charge on any atom is 0.137 e. The van der Waals surface area contributed by atoms with Gasteiger partial charge in [-0.25, -0.2) is 9.97 Å². The first kappa shape index (κ1) is 13.1. The minimum absolute atomic E-state index is 0.487. The number of nitrogens with two attached hydrogens (primary N) is 1. The number of fused-ring (bicyclic) bond motifs is 1. The summed E-state index contributed by atoms with van der Waals surface area (Å²) in [5, 5.41) is 4.45. The minimum atomic E-state index is 0.487. The van der Waals surface area contributed by atoms with Crippen LogP contribution in [0.2, 0.25) is 0 Å². The number of nitrogens with zero attached hydrogens (tertiary/aromatic N) is 3. The van der Waals surface area contributed by atoms with E-state index >= 15 is 0 Å². The molecule has 106 valence electrons. The number of nitrogens with one attached hydrogen (secondary N) is 1. The molecule has 20 heavy (non-hydrogen) atoms. The SMILES string of the molecule is CC(CNc1ncnc2cc(N)ccc12)N(C)C1CC1. The van der Waals surface area contributed by atoms with E-state index in [1.807, 2.05) is 18.2 Å². The van der Waals surface area contributed by atoms with Gasteiger partial charge in [0.2, 0.25) is 0 Å². The van der Waals surface area contributed by atoms with Crippen molar-refractivity contribution in [1.29, 1.82) is 0 Å². The average Bonchev–Trinajstić information content (AvgIpc) is 3.28. The molecule has 2 aromatic rings. The smallest absolute Gasteiger partial charge is 0.137 e. The number of anilines is 2. The molecule has 5 nitrogen and oxygen atoms in total. The number of rotatable bonds is 5. The normalized spacial score (nSPS) is 16.6. The first-order valence-corrected chi connectivity index (χ1v) is 7.11. The lowest BCUT2D eigenvalue weighted by molar-refractivity contribution is 0.257. The highest BCUT2D eigenvalue weighted by molar-refractivity contribution is 5.90. The first-order chi connectivity index (χ1) is 9.65. The van der Waals surface area contributed by atoms with E-state index < -0.39 is 0 Å². The first-order valence-electron chi connectivity index (χ1n) is 7.11. The van der Waals surface area contributed by atoms with Crippen LogP contribution in [0.1, 0.15) is 19.8 Å². The molecule has 1 aliphatic carbocycles. The van der Waals surface area contributed by atoms with Crippen molar-refractivity contribution in [2.24, 2.45) is 0 Å². The Hall–Kier alpha value is -1.88. The summed E-state index contributed by atoms with van der Waals surface area (Å²) in [6, 6.07) is 7.00. The van der Waals surface area contributed by atoms with E-state index in [0.717, 1.165) is 35.0 Å². The predicted molar refractivity (Wildman–Crippen MR) is 82.7 cm³/mol. The van der Waals surface area contributed by atoms with Gasteiger partial charge in [0.05, 0.1) is 5.52 Å². The van der Waals surface area contributed by atoms with Gasteiger partial charge in [0.25, 0.3) is 0 Å². The van der Waals surface area contributed by atoms with Crippen LogP contribution >= 0.6 is 0 Å². The Morgan fingerprint density at radius 3 is 2.95 bits per heavy atom. The standard InChI is InChI=1S/C15H21N5/c1-10(20(2)12-4-5-12)8-17-15-13-6-3-11(16)7-14(13)18-9-19-15/h3,6-7,9-10,12H,4-5,8,16H2,1-2H3,(H,17,18,19). The van der Waals surface area contributed by atoms with Crippen molar-refractivity contribution in [3.05, 3.63) is 24.5 Å². The summed E-state index contributed by atoms with van der Waals surface area (Å²) in [5.74, 6) is 0.881. The number of benzene rings is 1. The molecule has 1 heterocycles. The Bertz CT molecular complexity index is 608. The second kappa shape index (κ2) is 5.25. The summed E-state index contributed by atoms with van der Waals surface area (Å²) in [5.41, 5.74) is 7.39. The molecule has 5 heteroatoms. The Labute approximate surface area is 119 Å². The lowest BCUT2D eigenvalue weighted by atomic mass is 10.2. The summed E-state index contributed by atoms with van der Waals surface area (Å²) in [4.78, 5) is 11.0. The molecule has 1 aromatic heterocycles. The van der Waals surface area contributed by atoms with Crippen LogP contribution in [0.5, 0.6) is 0 Å². The van der Waals surface area contributed by atoms with E-state index in [0.29, 0.717) is 6.04 Å². The molecule has 1 atom stereocenters. The second-order valence-electron chi connectivity index (χ2n) is 5.63. The third-order valence-electron chi connectivity index (χ3n) is 4.04. The molecule has 0 amide bonds.